The molecule has 0 aromatic carbocycles. The highest BCUT2D eigenvalue weighted by Crippen LogP contribution is 1.75. The summed E-state index contributed by atoms with van der Waals surface area (Å²) < 4.78 is 66.2. The van der Waals surface area contributed by atoms with Crippen LogP contribution in [-0.4, -0.2) is 77.0 Å². The van der Waals surface area contributed by atoms with Crippen LogP contribution in [0.4, 0.5) is 0 Å². The standard InChI is InChI=1S/C2H6O3S.2C2H6O2S.C2H6OS.CH4/c1-5-6(2,3)4;1-5(2,3)4;1-4-5(2)3;1-4(2)3;/h1-2H3;2*1-2H3;1-2H3;1H4. The first-order chi connectivity index (χ1) is 8.56. The molecule has 0 saturated carbocycles. The zero-order chi connectivity index (χ0) is 17.6. The molecule has 0 N–H and O–H groups in total. The second kappa shape index (κ2) is 18.2. The van der Waals surface area contributed by atoms with Gasteiger partial charge in [-0.2, -0.15) is 8.42 Å². The van der Waals surface area contributed by atoms with Crippen molar-refractivity contribution in [3.8, 4) is 0 Å². The lowest BCUT2D eigenvalue weighted by Crippen LogP contribution is -1.95. The molecule has 1 unspecified atom stereocenters. The molecule has 0 amide bonds. The minimum atomic E-state index is -3.16. The molecule has 0 saturated heterocycles. The van der Waals surface area contributed by atoms with Crippen LogP contribution in [0.1, 0.15) is 7.43 Å². The summed E-state index contributed by atoms with van der Waals surface area (Å²) in [5, 5.41) is 0. The van der Waals surface area contributed by atoms with Crippen molar-refractivity contribution < 1.29 is 33.6 Å². The molecule has 21 heavy (non-hydrogen) atoms. The quantitative estimate of drug-likeness (QED) is 0.593. The Morgan fingerprint density at radius 3 is 0.905 bits per heavy atom. The number of hydrogen-bond donors (Lipinski definition) is 0. The minimum absolute atomic E-state index is 0. The van der Waals surface area contributed by atoms with Crippen LogP contribution in [0.2, 0.25) is 0 Å². The highest BCUT2D eigenvalue weighted by molar-refractivity contribution is 7.89. The van der Waals surface area contributed by atoms with Crippen LogP contribution in [-0.2, 0) is 50.2 Å². The number of hydrogen-bond acceptors (Lipinski definition) is 8. The van der Waals surface area contributed by atoms with Crippen LogP contribution >= 0.6 is 0 Å². The molecule has 0 rings (SSSR count). The summed E-state index contributed by atoms with van der Waals surface area (Å²) in [6.07, 6.45) is 8.06. The maximum Gasteiger partial charge on any atom is 0.264 e. The van der Waals surface area contributed by atoms with Crippen LogP contribution in [0.25, 0.3) is 0 Å². The average molecular weight is 393 g/mol. The second-order valence-electron chi connectivity index (χ2n) is 3.32. The smallest absolute Gasteiger partial charge is 0.264 e. The molecule has 0 aromatic rings. The molecule has 0 aromatic heterocycles. The second-order valence-corrected chi connectivity index (χ2v) is 9.97. The molecule has 0 aliphatic carbocycles. The summed E-state index contributed by atoms with van der Waals surface area (Å²) >= 11 is -1.07. The van der Waals surface area contributed by atoms with Crippen molar-refractivity contribution in [1.29, 1.82) is 0 Å². The third-order valence-electron chi connectivity index (χ3n) is 0.537. The first kappa shape index (κ1) is 32.9. The van der Waals surface area contributed by atoms with E-state index >= 15 is 0 Å². The van der Waals surface area contributed by atoms with E-state index in [1.54, 1.807) is 12.5 Å². The van der Waals surface area contributed by atoms with Gasteiger partial charge in [0.2, 0.25) is 0 Å². The molecule has 0 aliphatic heterocycles. The van der Waals surface area contributed by atoms with Gasteiger partial charge in [-0.15, -0.1) is 0 Å². The summed E-state index contributed by atoms with van der Waals surface area (Å²) in [6, 6.07) is 0. The van der Waals surface area contributed by atoms with E-state index in [2.05, 4.69) is 8.37 Å². The van der Waals surface area contributed by atoms with Crippen molar-refractivity contribution >= 4 is 41.8 Å². The van der Waals surface area contributed by atoms with Gasteiger partial charge in [0.1, 0.15) is 9.84 Å². The van der Waals surface area contributed by atoms with E-state index in [1.807, 2.05) is 0 Å². The molecule has 0 heterocycles. The molecule has 0 fully saturated rings. The van der Waals surface area contributed by atoms with Crippen molar-refractivity contribution in [2.45, 2.75) is 7.43 Å². The van der Waals surface area contributed by atoms with Gasteiger partial charge in [-0.1, -0.05) is 7.43 Å². The average Bonchev–Trinajstić information content (AvgIpc) is 2.14. The van der Waals surface area contributed by atoms with Gasteiger partial charge in [0.15, 0.2) is 11.1 Å². The Balaban J connectivity index is -0.0000000539. The molecule has 8 nitrogen and oxygen atoms in total. The summed E-state index contributed by atoms with van der Waals surface area (Å²) in [4.78, 5) is 0. The summed E-state index contributed by atoms with van der Waals surface area (Å²) in [7, 11) is -3.92. The van der Waals surface area contributed by atoms with Gasteiger partial charge in [-0.3, -0.25) is 12.6 Å². The molecule has 12 heteroatoms. The van der Waals surface area contributed by atoms with Crippen LogP contribution < -0.4 is 0 Å². The summed E-state index contributed by atoms with van der Waals surface area (Å²) in [5.74, 6) is 0. The molecule has 0 radical (unpaired) electrons. The Kier molecular flexibility index (Phi) is 28.5. The first-order valence-electron chi connectivity index (χ1n) is 4.60. The molecule has 0 bridgehead atoms. The van der Waals surface area contributed by atoms with Crippen molar-refractivity contribution in [3.05, 3.63) is 0 Å². The Morgan fingerprint density at radius 1 is 0.810 bits per heavy atom. The number of sulfone groups is 1. The lowest BCUT2D eigenvalue weighted by Gasteiger charge is -1.84. The summed E-state index contributed by atoms with van der Waals surface area (Å²) in [6.45, 7) is 0. The third kappa shape index (κ3) is 252. The third-order valence-corrected chi connectivity index (χ3v) is 1.61. The van der Waals surface area contributed by atoms with Gasteiger partial charge in [0, 0.05) is 42.1 Å². The summed E-state index contributed by atoms with van der Waals surface area (Å²) in [5.41, 5.74) is 0. The van der Waals surface area contributed by atoms with Crippen LogP contribution in [0.5, 0.6) is 0 Å². The van der Waals surface area contributed by atoms with Crippen LogP contribution in [0, 0.1) is 0 Å². The van der Waals surface area contributed by atoms with Crippen LogP contribution in [0.15, 0.2) is 0 Å². The zero-order valence-electron chi connectivity index (χ0n) is 12.9. The lowest BCUT2D eigenvalue weighted by molar-refractivity contribution is 0.403. The fourth-order valence-corrected chi connectivity index (χ4v) is 0. The first-order valence-corrected chi connectivity index (χ1v) is 12.2. The van der Waals surface area contributed by atoms with E-state index in [0.29, 0.717) is 0 Å². The predicted molar refractivity (Wildman–Crippen MR) is 90.4 cm³/mol. The van der Waals surface area contributed by atoms with E-state index in [-0.39, 0.29) is 7.43 Å². The van der Waals surface area contributed by atoms with Gasteiger partial charge in [0.25, 0.3) is 10.1 Å². The predicted octanol–water partition coefficient (Wildman–Crippen LogP) is -0.190. The van der Waals surface area contributed by atoms with Gasteiger partial charge >= 0.3 is 0 Å². The minimum Gasteiger partial charge on any atom is -0.294 e. The molecule has 1 atom stereocenters. The molecule has 0 aliphatic rings. The van der Waals surface area contributed by atoms with Crippen molar-refractivity contribution in [3.63, 3.8) is 0 Å². The van der Waals surface area contributed by atoms with E-state index < -0.39 is 41.8 Å². The van der Waals surface area contributed by atoms with Gasteiger partial charge < -0.3 is 0 Å². The molecule has 0 spiro atoms. The zero-order valence-corrected chi connectivity index (χ0v) is 16.2. The highest BCUT2D eigenvalue weighted by Gasteiger charge is 1.90. The Morgan fingerprint density at radius 2 is 0.905 bits per heavy atom. The maximum absolute atomic E-state index is 9.78. The van der Waals surface area contributed by atoms with Crippen LogP contribution in [0.3, 0.4) is 0 Å². The molecular weight excluding hydrogens is 364 g/mol. The Labute approximate surface area is 134 Å². The fraction of sp³-hybridized carbons (Fsp3) is 1.00. The monoisotopic (exact) mass is 392 g/mol. The normalized spacial score (nSPS) is 11.3. The Bertz CT molecular complexity index is 440. The van der Waals surface area contributed by atoms with E-state index in [4.69, 9.17) is 0 Å². The lowest BCUT2D eigenvalue weighted by atomic mass is 11.8. The van der Waals surface area contributed by atoms with Crippen molar-refractivity contribution in [1.82, 2.24) is 0 Å². The van der Waals surface area contributed by atoms with Gasteiger partial charge in [-0.05, 0) is 0 Å². The highest BCUT2D eigenvalue weighted by atomic mass is 32.2. The molecular formula is C9H28O8S4. The van der Waals surface area contributed by atoms with Gasteiger partial charge in [-0.25, -0.2) is 12.6 Å². The number of rotatable bonds is 2. The fourth-order valence-electron chi connectivity index (χ4n) is 0. The van der Waals surface area contributed by atoms with E-state index in [0.717, 1.165) is 25.9 Å². The molecule has 136 valence electrons. The van der Waals surface area contributed by atoms with Crippen molar-refractivity contribution in [2.24, 2.45) is 0 Å². The largest absolute Gasteiger partial charge is 0.294 e. The van der Waals surface area contributed by atoms with E-state index in [9.17, 15) is 25.3 Å². The topological polar surface area (TPSA) is 121 Å². The SMILES string of the molecule is C.COS(C)(=O)=O.COS(C)=O.CS(C)(=O)=O.CS(C)=O. The van der Waals surface area contributed by atoms with Gasteiger partial charge in [0.05, 0.1) is 20.5 Å². The maximum atomic E-state index is 9.78. The van der Waals surface area contributed by atoms with E-state index in [1.165, 1.54) is 13.4 Å². The van der Waals surface area contributed by atoms with Crippen molar-refractivity contribution in [2.75, 3.05) is 51.8 Å². The Hall–Kier alpha value is 0.120.